The van der Waals surface area contributed by atoms with E-state index in [0.717, 1.165) is 33.0 Å². The fourth-order valence-electron chi connectivity index (χ4n) is 7.18. The summed E-state index contributed by atoms with van der Waals surface area (Å²) >= 11 is 11.3. The minimum Gasteiger partial charge on any atom is -0.496 e. The minimum atomic E-state index is -0.521. The highest BCUT2D eigenvalue weighted by Gasteiger charge is 1.95. The molecule has 0 heterocycles. The van der Waals surface area contributed by atoms with Crippen LogP contribution < -0.4 is 4.74 Å². The lowest BCUT2D eigenvalue weighted by Crippen LogP contribution is -1.84. The number of methoxy groups -OCH3 is 1. The summed E-state index contributed by atoms with van der Waals surface area (Å²) in [6.45, 7) is 34.8. The smallest absolute Gasteiger partial charge is 0.126 e. The van der Waals surface area contributed by atoms with E-state index in [1.54, 1.807) is 20.1 Å². The van der Waals surface area contributed by atoms with Gasteiger partial charge in [0.2, 0.25) is 0 Å². The number of rotatable bonds is 1. The van der Waals surface area contributed by atoms with E-state index in [1.807, 2.05) is 107 Å². The average Bonchev–Trinajstić information content (AvgIpc) is 1.56. The van der Waals surface area contributed by atoms with Gasteiger partial charge in [-0.15, -0.1) is 0 Å². The van der Waals surface area contributed by atoms with Crippen LogP contribution in [0.4, 0.5) is 13.2 Å². The van der Waals surface area contributed by atoms with Gasteiger partial charge in [-0.25, -0.2) is 13.2 Å². The van der Waals surface area contributed by atoms with E-state index in [4.69, 9.17) is 27.9 Å². The van der Waals surface area contributed by atoms with Crippen LogP contribution >= 0.6 is 23.2 Å². The van der Waals surface area contributed by atoms with Crippen molar-refractivity contribution in [3.8, 4) is 5.75 Å². The zero-order chi connectivity index (χ0) is 67.4. The molecule has 11 rings (SSSR count). The van der Waals surface area contributed by atoms with Crippen molar-refractivity contribution >= 4 is 23.2 Å². The van der Waals surface area contributed by atoms with Crippen LogP contribution in [0.2, 0.25) is 10.0 Å². The second kappa shape index (κ2) is 60.0. The minimum absolute atomic E-state index is 0. The van der Waals surface area contributed by atoms with Crippen molar-refractivity contribution in [2.24, 2.45) is 0 Å². The highest BCUT2D eigenvalue weighted by Crippen LogP contribution is 2.15. The third kappa shape index (κ3) is 54.4. The van der Waals surface area contributed by atoms with Crippen molar-refractivity contribution in [1.82, 2.24) is 0 Å². The number of aryl methyl sites for hydroxylation is 17. The zero-order valence-electron chi connectivity index (χ0n) is 56.6. The highest BCUT2D eigenvalue weighted by molar-refractivity contribution is 6.31. The van der Waals surface area contributed by atoms with Gasteiger partial charge in [0, 0.05) is 16.1 Å². The molecule has 0 saturated heterocycles. The predicted octanol–water partition coefficient (Wildman–Crippen LogP) is 30.0. The highest BCUT2D eigenvalue weighted by atomic mass is 35.5. The lowest BCUT2D eigenvalue weighted by molar-refractivity contribution is 0.411. The molecule has 0 aromatic heterocycles. The van der Waals surface area contributed by atoms with Crippen LogP contribution in [-0.4, -0.2) is 7.11 Å². The molecule has 0 saturated carbocycles. The van der Waals surface area contributed by atoms with E-state index in [0.29, 0.717) is 5.56 Å². The summed E-state index contributed by atoms with van der Waals surface area (Å²) in [6.07, 6.45) is 0. The van der Waals surface area contributed by atoms with E-state index in [2.05, 4.69) is 229 Å². The van der Waals surface area contributed by atoms with Crippen LogP contribution in [-0.2, 0) is 0 Å². The quantitative estimate of drug-likeness (QED) is 0.159. The molecule has 0 fully saturated rings. The Hall–Kier alpha value is -8.41. The first-order valence-electron chi connectivity index (χ1n) is 30.0. The van der Waals surface area contributed by atoms with Gasteiger partial charge in [-0.1, -0.05) is 343 Å². The fraction of sp³-hybridized carbons (Fsp3) is 0.275. The first-order chi connectivity index (χ1) is 42.6. The van der Waals surface area contributed by atoms with E-state index < -0.39 is 11.6 Å². The van der Waals surface area contributed by atoms with Crippen molar-refractivity contribution < 1.29 is 17.9 Å². The molecule has 11 aromatic carbocycles. The number of hydrogen-bond acceptors (Lipinski definition) is 1. The molecule has 97 heavy (non-hydrogen) atoms. The van der Waals surface area contributed by atoms with E-state index in [1.165, 1.54) is 102 Å². The van der Waals surface area contributed by atoms with Gasteiger partial charge < -0.3 is 4.74 Å². The Morgan fingerprint density at radius 2 is 0.464 bits per heavy atom. The maximum absolute atomic E-state index is 12.2. The second-order valence-corrected chi connectivity index (χ2v) is 23.0. The number of hydrogen-bond donors (Lipinski definition) is 0. The topological polar surface area (TPSA) is 9.23 Å². The Morgan fingerprint density at radius 3 is 0.649 bits per heavy atom. The fourth-order valence-corrected chi connectivity index (χ4v) is 7.45. The lowest BCUT2D eigenvalue weighted by atomic mass is 10.1. The van der Waals surface area contributed by atoms with Crippen molar-refractivity contribution in [3.05, 3.63) is 383 Å². The normalized spacial score (nSPS) is 8.61. The van der Waals surface area contributed by atoms with Crippen molar-refractivity contribution in [2.75, 3.05) is 7.11 Å². The van der Waals surface area contributed by atoms with Gasteiger partial charge in [-0.3, -0.25) is 0 Å². The Labute approximate surface area is 602 Å². The number of para-hydroxylation sites is 1. The molecule has 0 aliphatic rings. The van der Waals surface area contributed by atoms with Crippen LogP contribution in [0.1, 0.15) is 147 Å². The average molecular weight is 1360 g/mol. The molecule has 0 bridgehead atoms. The van der Waals surface area contributed by atoms with Crippen LogP contribution in [0.25, 0.3) is 0 Å². The van der Waals surface area contributed by atoms with Crippen LogP contribution in [0.5, 0.6) is 5.75 Å². The zero-order valence-corrected chi connectivity index (χ0v) is 58.1. The maximum atomic E-state index is 12.2. The molecule has 6 heteroatoms. The summed E-state index contributed by atoms with van der Waals surface area (Å²) in [4.78, 5) is 0. The summed E-state index contributed by atoms with van der Waals surface area (Å²) in [5, 5.41) is 1.64. The molecule has 530 valence electrons. The molecule has 0 unspecified atom stereocenters. The van der Waals surface area contributed by atoms with Crippen LogP contribution in [0.3, 0.4) is 0 Å². The van der Waals surface area contributed by atoms with Crippen molar-refractivity contribution in [3.63, 3.8) is 0 Å². The van der Waals surface area contributed by atoms with Crippen molar-refractivity contribution in [2.45, 2.75) is 170 Å². The molecule has 0 radical (unpaired) electrons. The molecule has 1 nitrogen and oxygen atoms in total. The molecule has 0 aliphatic heterocycles. The van der Waals surface area contributed by atoms with Gasteiger partial charge >= 0.3 is 0 Å². The Balaban J connectivity index is -0.000000182. The number of halogens is 5. The first kappa shape index (κ1) is 102. The second-order valence-electron chi connectivity index (χ2n) is 22.1. The number of ether oxygens (including phenoxy) is 1. The van der Waals surface area contributed by atoms with Gasteiger partial charge in [0.05, 0.1) is 7.11 Å². The molecule has 0 aliphatic carbocycles. The van der Waals surface area contributed by atoms with Gasteiger partial charge in [0.1, 0.15) is 23.2 Å². The summed E-state index contributed by atoms with van der Waals surface area (Å²) in [5.74, 6) is -0.248. The summed E-state index contributed by atoms with van der Waals surface area (Å²) in [5.41, 5.74) is 21.2. The number of benzene rings is 11. The van der Waals surface area contributed by atoms with Gasteiger partial charge in [-0.05, 0) is 200 Å². The molecule has 0 spiro atoms. The Morgan fingerprint density at radius 1 is 0.216 bits per heavy atom. The van der Waals surface area contributed by atoms with E-state index in [9.17, 15) is 13.2 Å². The monoisotopic (exact) mass is 1360 g/mol. The summed E-state index contributed by atoms with van der Waals surface area (Å²) in [7, 11) is 1.68. The van der Waals surface area contributed by atoms with Crippen LogP contribution in [0.15, 0.2) is 261 Å². The van der Waals surface area contributed by atoms with Crippen LogP contribution in [0, 0.1) is 135 Å². The van der Waals surface area contributed by atoms with E-state index in [-0.39, 0.29) is 57.8 Å². The molecule has 11 aromatic rings. The Bertz CT molecular complexity index is 3060. The largest absolute Gasteiger partial charge is 0.496 e. The molecular formula is C91H125Cl2F3O. The molecule has 0 atom stereocenters. The van der Waals surface area contributed by atoms with Gasteiger partial charge in [-0.2, -0.15) is 0 Å². The summed E-state index contributed by atoms with van der Waals surface area (Å²) in [6, 6.07) is 84.1. The third-order valence-electron chi connectivity index (χ3n) is 12.9. The molecule has 0 N–H and O–H groups in total. The van der Waals surface area contributed by atoms with Crippen molar-refractivity contribution in [1.29, 1.82) is 0 Å². The third-order valence-corrected chi connectivity index (χ3v) is 13.5. The van der Waals surface area contributed by atoms with Gasteiger partial charge in [0.15, 0.2) is 0 Å². The predicted molar refractivity (Wildman–Crippen MR) is 435 cm³/mol. The summed E-state index contributed by atoms with van der Waals surface area (Å²) < 4.78 is 41.6. The van der Waals surface area contributed by atoms with Gasteiger partial charge in [0.25, 0.3) is 0 Å². The maximum Gasteiger partial charge on any atom is 0.126 e. The molecular weight excluding hydrogens is 1240 g/mol. The Kier molecular flexibility index (Phi) is 63.2. The lowest BCUT2D eigenvalue weighted by Gasteiger charge is -2.00. The molecule has 0 amide bonds. The standard InChI is InChI=1S/C8H10O.6C8H10.2C7H7Cl.C7H6F2.C7H7F.7CH4/c1-7-5-3-4-6-8(7)9-2;4*1-7-3-5-8(2)6-4-7;1-7-4-3-5-8(2)6-7;1-7-5-3-4-6-8(7)2;1-6-2-4-7(8)5-3-6;1-6-4-2-3-5-7(6)8;1-5-2-6(8)4-7(9)3-5;1-6-3-2-4-7(8)5-6;;;;;;;/h3-6H,1-2H3;6*3-6H,1-2H3;2*2-5H,1H3;2-4H,1H3;2-5H,1H3;7*1H4. The first-order valence-corrected chi connectivity index (χ1v) is 30.8. The SMILES string of the molecule is C.C.C.C.C.C.C.COc1ccccc1C.Cc1cc(F)cc(F)c1.Cc1ccc(C)cc1.Cc1ccc(C)cc1.Cc1ccc(C)cc1.Cc1ccc(C)cc1.Cc1ccc(Cl)cc1.Cc1cccc(C)c1.Cc1cccc(F)c1.Cc1ccccc1C.Cc1ccccc1Cl. The van der Waals surface area contributed by atoms with E-state index >= 15 is 0 Å².